The number of nitrogens with one attached hydrogen (secondary N) is 1. The number of hydrogen-bond donors (Lipinski definition) is 1. The number of benzene rings is 1. The van der Waals surface area contributed by atoms with Crippen LogP contribution in [0.1, 0.15) is 16.8 Å². The summed E-state index contributed by atoms with van der Waals surface area (Å²) in [7, 11) is 3.97. The van der Waals surface area contributed by atoms with Gasteiger partial charge in [0.15, 0.2) is 0 Å². The van der Waals surface area contributed by atoms with Gasteiger partial charge in [0.1, 0.15) is 5.82 Å². The van der Waals surface area contributed by atoms with E-state index in [1.807, 2.05) is 45.3 Å². The van der Waals surface area contributed by atoms with Gasteiger partial charge in [-0.15, -0.1) is 0 Å². The summed E-state index contributed by atoms with van der Waals surface area (Å²) in [5.74, 6) is 0.960. The lowest BCUT2D eigenvalue weighted by Crippen LogP contribution is -2.19. The number of halogens is 1. The molecule has 0 saturated heterocycles. The molecule has 2 aromatic rings. The highest BCUT2D eigenvalue weighted by Gasteiger charge is 2.08. The number of anilines is 1. The van der Waals surface area contributed by atoms with E-state index in [-0.39, 0.29) is 0 Å². The third kappa shape index (κ3) is 3.50. The third-order valence-corrected chi connectivity index (χ3v) is 3.67. The van der Waals surface area contributed by atoms with Gasteiger partial charge in [0.05, 0.1) is 0 Å². The monoisotopic (exact) mass is 289 g/mol. The standard InChI is InChI=1S/C16H20ClN3/c1-12-13(10-18-2)8-9-16(19-12)20(3)11-14-6-4-5-7-15(14)17/h4-9,18H,10-11H2,1-3H3. The Labute approximate surface area is 125 Å². The SMILES string of the molecule is CNCc1ccc(N(C)Cc2ccccc2Cl)nc1C. The minimum Gasteiger partial charge on any atom is -0.355 e. The molecule has 1 N–H and O–H groups in total. The van der Waals surface area contributed by atoms with Gasteiger partial charge in [-0.1, -0.05) is 35.9 Å². The summed E-state index contributed by atoms with van der Waals surface area (Å²) in [5.41, 5.74) is 3.39. The van der Waals surface area contributed by atoms with Crippen molar-refractivity contribution >= 4 is 17.4 Å². The number of pyridine rings is 1. The van der Waals surface area contributed by atoms with E-state index in [2.05, 4.69) is 27.3 Å². The lowest BCUT2D eigenvalue weighted by Gasteiger charge is -2.20. The molecule has 20 heavy (non-hydrogen) atoms. The fraction of sp³-hybridized carbons (Fsp3) is 0.312. The van der Waals surface area contributed by atoms with Gasteiger partial charge in [0.2, 0.25) is 0 Å². The van der Waals surface area contributed by atoms with Gasteiger partial charge in [-0.2, -0.15) is 0 Å². The molecule has 0 aliphatic heterocycles. The average molecular weight is 290 g/mol. The fourth-order valence-electron chi connectivity index (χ4n) is 2.13. The maximum atomic E-state index is 6.20. The summed E-state index contributed by atoms with van der Waals surface area (Å²) in [6.07, 6.45) is 0. The van der Waals surface area contributed by atoms with E-state index in [9.17, 15) is 0 Å². The maximum absolute atomic E-state index is 6.20. The first kappa shape index (κ1) is 14.8. The third-order valence-electron chi connectivity index (χ3n) is 3.30. The zero-order valence-corrected chi connectivity index (χ0v) is 12.9. The summed E-state index contributed by atoms with van der Waals surface area (Å²) in [6, 6.07) is 12.1. The molecule has 0 aliphatic rings. The molecule has 0 saturated carbocycles. The van der Waals surface area contributed by atoms with Crippen molar-refractivity contribution in [2.24, 2.45) is 0 Å². The topological polar surface area (TPSA) is 28.2 Å². The summed E-state index contributed by atoms with van der Waals surface area (Å²) >= 11 is 6.20. The Bertz CT molecular complexity index is 584. The van der Waals surface area contributed by atoms with Crippen molar-refractivity contribution in [2.45, 2.75) is 20.0 Å². The molecule has 0 fully saturated rings. The van der Waals surface area contributed by atoms with Gasteiger partial charge in [-0.3, -0.25) is 0 Å². The van der Waals surface area contributed by atoms with Crippen LogP contribution in [0.5, 0.6) is 0 Å². The minimum absolute atomic E-state index is 0.748. The van der Waals surface area contributed by atoms with Crippen LogP contribution in [0.25, 0.3) is 0 Å². The second kappa shape index (κ2) is 6.73. The van der Waals surface area contributed by atoms with E-state index in [1.54, 1.807) is 0 Å². The molecule has 106 valence electrons. The zero-order chi connectivity index (χ0) is 14.5. The molecule has 1 heterocycles. The van der Waals surface area contributed by atoms with Crippen molar-refractivity contribution < 1.29 is 0 Å². The van der Waals surface area contributed by atoms with Crippen LogP contribution in [0.15, 0.2) is 36.4 Å². The maximum Gasteiger partial charge on any atom is 0.128 e. The van der Waals surface area contributed by atoms with Crippen LogP contribution in [0, 0.1) is 6.92 Å². The van der Waals surface area contributed by atoms with E-state index in [0.717, 1.165) is 35.2 Å². The first-order chi connectivity index (χ1) is 9.61. The Balaban J connectivity index is 2.15. The van der Waals surface area contributed by atoms with E-state index >= 15 is 0 Å². The quantitative estimate of drug-likeness (QED) is 0.914. The summed E-state index contributed by atoms with van der Waals surface area (Å²) in [4.78, 5) is 6.77. The molecule has 0 radical (unpaired) electrons. The van der Waals surface area contributed by atoms with Crippen molar-refractivity contribution in [1.82, 2.24) is 10.3 Å². The van der Waals surface area contributed by atoms with Crippen LogP contribution < -0.4 is 10.2 Å². The molecule has 1 aromatic carbocycles. The molecule has 0 unspecified atom stereocenters. The van der Waals surface area contributed by atoms with E-state index in [1.165, 1.54) is 5.56 Å². The normalized spacial score (nSPS) is 10.6. The van der Waals surface area contributed by atoms with Crippen molar-refractivity contribution in [3.8, 4) is 0 Å². The predicted molar refractivity (Wildman–Crippen MR) is 85.3 cm³/mol. The van der Waals surface area contributed by atoms with Crippen LogP contribution >= 0.6 is 11.6 Å². The summed E-state index contributed by atoms with van der Waals surface area (Å²) in [5, 5.41) is 3.94. The largest absolute Gasteiger partial charge is 0.355 e. The van der Waals surface area contributed by atoms with E-state index < -0.39 is 0 Å². The number of rotatable bonds is 5. The molecule has 0 amide bonds. The first-order valence-corrected chi connectivity index (χ1v) is 7.05. The zero-order valence-electron chi connectivity index (χ0n) is 12.2. The molecule has 0 spiro atoms. The highest BCUT2D eigenvalue weighted by molar-refractivity contribution is 6.31. The van der Waals surface area contributed by atoms with Crippen LogP contribution in [0.3, 0.4) is 0 Å². The highest BCUT2D eigenvalue weighted by Crippen LogP contribution is 2.20. The first-order valence-electron chi connectivity index (χ1n) is 6.67. The Kier molecular flexibility index (Phi) is 4.99. The number of nitrogens with zero attached hydrogens (tertiary/aromatic N) is 2. The second-order valence-electron chi connectivity index (χ2n) is 4.89. The van der Waals surface area contributed by atoms with Gasteiger partial charge in [-0.05, 0) is 37.2 Å². The molecule has 3 nitrogen and oxygen atoms in total. The molecule has 0 atom stereocenters. The molecule has 4 heteroatoms. The Morgan fingerprint density at radius 3 is 2.55 bits per heavy atom. The highest BCUT2D eigenvalue weighted by atomic mass is 35.5. The fourth-order valence-corrected chi connectivity index (χ4v) is 2.33. The lowest BCUT2D eigenvalue weighted by molar-refractivity contribution is 0.800. The van der Waals surface area contributed by atoms with Crippen molar-refractivity contribution in [2.75, 3.05) is 19.0 Å². The summed E-state index contributed by atoms with van der Waals surface area (Å²) < 4.78 is 0. The van der Waals surface area contributed by atoms with Crippen molar-refractivity contribution in [3.05, 3.63) is 58.2 Å². The van der Waals surface area contributed by atoms with Crippen LogP contribution in [-0.4, -0.2) is 19.1 Å². The van der Waals surface area contributed by atoms with E-state index in [0.29, 0.717) is 0 Å². The van der Waals surface area contributed by atoms with Crippen molar-refractivity contribution in [1.29, 1.82) is 0 Å². The van der Waals surface area contributed by atoms with Gasteiger partial charge in [0, 0.05) is 30.9 Å². The predicted octanol–water partition coefficient (Wildman–Crippen LogP) is 3.40. The van der Waals surface area contributed by atoms with Crippen LogP contribution in [0.2, 0.25) is 5.02 Å². The van der Waals surface area contributed by atoms with Gasteiger partial charge < -0.3 is 10.2 Å². The second-order valence-corrected chi connectivity index (χ2v) is 5.30. The van der Waals surface area contributed by atoms with Crippen LogP contribution in [0.4, 0.5) is 5.82 Å². The molecule has 0 bridgehead atoms. The van der Waals surface area contributed by atoms with Gasteiger partial charge in [0.25, 0.3) is 0 Å². The van der Waals surface area contributed by atoms with Gasteiger partial charge >= 0.3 is 0 Å². The molecular formula is C16H20ClN3. The van der Waals surface area contributed by atoms with Crippen LogP contribution in [-0.2, 0) is 13.1 Å². The summed E-state index contributed by atoms with van der Waals surface area (Å²) in [6.45, 7) is 3.63. The number of hydrogen-bond acceptors (Lipinski definition) is 3. The number of aromatic nitrogens is 1. The average Bonchev–Trinajstić information content (AvgIpc) is 2.43. The number of aryl methyl sites for hydroxylation is 1. The van der Waals surface area contributed by atoms with Gasteiger partial charge in [-0.25, -0.2) is 4.98 Å². The Morgan fingerprint density at radius 2 is 1.90 bits per heavy atom. The smallest absolute Gasteiger partial charge is 0.128 e. The van der Waals surface area contributed by atoms with E-state index in [4.69, 9.17) is 11.6 Å². The Morgan fingerprint density at radius 1 is 1.15 bits per heavy atom. The Hall–Kier alpha value is -1.58. The molecular weight excluding hydrogens is 270 g/mol. The molecule has 1 aromatic heterocycles. The van der Waals surface area contributed by atoms with Crippen molar-refractivity contribution in [3.63, 3.8) is 0 Å². The lowest BCUT2D eigenvalue weighted by atomic mass is 10.2. The molecule has 2 rings (SSSR count). The minimum atomic E-state index is 0.748. The molecule has 0 aliphatic carbocycles.